The molecule has 0 bridgehead atoms. The maximum Gasteiger partial charge on any atom is 0.243 e. The number of benzene rings is 1. The van der Waals surface area contributed by atoms with Crippen LogP contribution < -0.4 is 0 Å². The minimum Gasteiger partial charge on any atom is -0.379 e. The summed E-state index contributed by atoms with van der Waals surface area (Å²) >= 11 is 0. The second-order valence-corrected chi connectivity index (χ2v) is 10.7. The van der Waals surface area contributed by atoms with Crippen LogP contribution in [-0.4, -0.2) is 49.4 Å². The molecule has 172 valence electrons. The van der Waals surface area contributed by atoms with Gasteiger partial charge in [0.2, 0.25) is 10.0 Å². The molecule has 1 aliphatic carbocycles. The fraction of sp³-hybridized carbons (Fsp3) is 0.500. The number of morpholine rings is 1. The minimum atomic E-state index is -3.48. The Hall–Kier alpha value is -0.908. The number of hydrogen-bond acceptors (Lipinski definition) is 4. The molecule has 0 saturated carbocycles. The number of carbonyl (C=O) groups is 1. The second kappa shape index (κ2) is 10.6. The minimum absolute atomic E-state index is 0. The van der Waals surface area contributed by atoms with Gasteiger partial charge in [-0.15, -0.1) is 6.42 Å². The number of carbonyl (C=O) groups excluding carboxylic acids is 1. The number of aromatic nitrogens is 1. The van der Waals surface area contributed by atoms with Crippen molar-refractivity contribution in [1.82, 2.24) is 8.87 Å². The second-order valence-electron chi connectivity index (χ2n) is 8.75. The Kier molecular flexibility index (Phi) is 8.49. The zero-order chi connectivity index (χ0) is 22.2. The molecule has 1 aromatic carbocycles. The fourth-order valence-corrected chi connectivity index (χ4v) is 6.14. The van der Waals surface area contributed by atoms with Crippen LogP contribution in [0.5, 0.6) is 0 Å². The Morgan fingerprint density at radius 1 is 1.16 bits per heavy atom. The molecule has 8 heteroatoms. The molecule has 0 spiro atoms. The summed E-state index contributed by atoms with van der Waals surface area (Å²) in [4.78, 5) is 12.2. The van der Waals surface area contributed by atoms with Gasteiger partial charge >= 0.3 is 0 Å². The molecule has 0 atom stereocenters. The smallest absolute Gasteiger partial charge is 0.243 e. The van der Waals surface area contributed by atoms with Gasteiger partial charge in [-0.3, -0.25) is 4.79 Å². The van der Waals surface area contributed by atoms with E-state index in [9.17, 15) is 13.2 Å². The van der Waals surface area contributed by atoms with E-state index in [4.69, 9.17) is 4.74 Å². The number of Topliss-reactive ketones (excluding diaryl/α,β-unsaturated/α-hetero) is 1. The van der Waals surface area contributed by atoms with Crippen molar-refractivity contribution in [2.75, 3.05) is 26.3 Å². The van der Waals surface area contributed by atoms with Gasteiger partial charge in [-0.2, -0.15) is 17.6 Å². The zero-order valence-corrected chi connectivity index (χ0v) is 24.1. The van der Waals surface area contributed by atoms with Gasteiger partial charge < -0.3 is 15.2 Å². The van der Waals surface area contributed by atoms with E-state index in [0.717, 1.165) is 36.9 Å². The first-order valence-corrected chi connectivity index (χ1v) is 12.4. The maximum atomic E-state index is 12.9. The Bertz CT molecular complexity index is 1070. The average molecular weight is 682 g/mol. The predicted octanol–water partition coefficient (Wildman–Crippen LogP) is 3.08. The molecule has 0 amide bonds. The first-order valence-electron chi connectivity index (χ1n) is 10.9. The quantitative estimate of drug-likeness (QED) is 0.440. The third kappa shape index (κ3) is 5.26. The van der Waals surface area contributed by atoms with Crippen molar-refractivity contribution < 1.29 is 49.1 Å². The number of nitrogens with zero attached hydrogens (tertiary/aromatic N) is 2. The van der Waals surface area contributed by atoms with Crippen LogP contribution >= 0.6 is 0 Å². The molecule has 0 N–H and O–H groups in total. The molecule has 1 saturated heterocycles. The van der Waals surface area contributed by atoms with E-state index in [0.29, 0.717) is 37.7 Å². The van der Waals surface area contributed by atoms with Gasteiger partial charge in [0.05, 0.1) is 24.7 Å². The number of sulfonamides is 1. The molecule has 1 aliphatic heterocycles. The Morgan fingerprint density at radius 3 is 2.44 bits per heavy atom. The summed E-state index contributed by atoms with van der Waals surface area (Å²) in [6.07, 6.45) is 3.75. The molecule has 0 radical (unpaired) electrons. The number of ether oxygens (including phenoxy) is 1. The van der Waals surface area contributed by atoms with Gasteiger partial charge in [0.15, 0.2) is 0 Å². The molecule has 32 heavy (non-hydrogen) atoms. The molecule has 1 fully saturated rings. The number of fused-ring (bicyclic) bond motifs is 1. The first-order chi connectivity index (χ1) is 14.8. The molecule has 2 aromatic rings. The molecular weight excluding hydrogens is 650 g/mol. The maximum absolute atomic E-state index is 12.9. The molecule has 2 aliphatic rings. The van der Waals surface area contributed by atoms with Crippen LogP contribution in [0.15, 0.2) is 29.2 Å². The van der Waals surface area contributed by atoms with E-state index >= 15 is 0 Å². The third-order valence-corrected chi connectivity index (χ3v) is 8.35. The van der Waals surface area contributed by atoms with E-state index < -0.39 is 10.0 Å². The van der Waals surface area contributed by atoms with Crippen molar-refractivity contribution >= 4 is 15.8 Å². The summed E-state index contributed by atoms with van der Waals surface area (Å²) < 4.78 is 34.7. The van der Waals surface area contributed by atoms with Crippen molar-refractivity contribution in [3.05, 3.63) is 58.3 Å². The molecule has 4 rings (SSSR count). The number of hydrogen-bond donors (Lipinski definition) is 0. The largest absolute Gasteiger partial charge is 0.379 e. The third-order valence-electron chi connectivity index (χ3n) is 6.44. The average Bonchev–Trinajstić information content (AvgIpc) is 2.99. The van der Waals surface area contributed by atoms with Crippen molar-refractivity contribution in [2.45, 2.75) is 57.9 Å². The van der Waals surface area contributed by atoms with Crippen LogP contribution in [0.1, 0.15) is 48.3 Å². The van der Waals surface area contributed by atoms with Gasteiger partial charge in [-0.25, -0.2) is 8.42 Å². The molecular formula is C24H31N2O4SU-. The van der Waals surface area contributed by atoms with E-state index in [1.165, 1.54) is 27.0 Å². The summed E-state index contributed by atoms with van der Waals surface area (Å²) in [7, 11) is -3.48. The normalized spacial score (nSPS) is 17.6. The van der Waals surface area contributed by atoms with E-state index in [2.05, 4.69) is 18.4 Å². The van der Waals surface area contributed by atoms with Gasteiger partial charge in [0, 0.05) is 55.6 Å². The topological polar surface area (TPSA) is 68.6 Å². The van der Waals surface area contributed by atoms with Crippen LogP contribution in [0, 0.1) is 44.0 Å². The molecule has 0 unspecified atom stereocenters. The fourth-order valence-electron chi connectivity index (χ4n) is 4.73. The Morgan fingerprint density at radius 2 is 1.81 bits per heavy atom. The van der Waals surface area contributed by atoms with Crippen LogP contribution in [0.3, 0.4) is 0 Å². The van der Waals surface area contributed by atoms with Gasteiger partial charge in [0.1, 0.15) is 5.78 Å². The molecule has 1 aromatic heterocycles. The summed E-state index contributed by atoms with van der Waals surface area (Å²) in [5.74, 6) is 1.64. The molecule has 2 heterocycles. The van der Waals surface area contributed by atoms with Crippen molar-refractivity contribution in [1.29, 1.82) is 0 Å². The SMILES string of the molecule is CC(=O)Cn1c(C)c(Cc2ccc(S(=O)(=O)N3CCOCC3)cc2)c2c1CC[C-](C)C2.[U]. The van der Waals surface area contributed by atoms with Gasteiger partial charge in [-0.1, -0.05) is 17.7 Å². The molecule has 6 nitrogen and oxygen atoms in total. The van der Waals surface area contributed by atoms with Crippen LogP contribution in [-0.2, 0) is 45.4 Å². The Balaban J connectivity index is 0.00000289. The monoisotopic (exact) mass is 681 g/mol. The van der Waals surface area contributed by atoms with Crippen LogP contribution in [0.4, 0.5) is 0 Å². The van der Waals surface area contributed by atoms with Crippen molar-refractivity contribution in [3.63, 3.8) is 0 Å². The van der Waals surface area contributed by atoms with Crippen LogP contribution in [0.25, 0.3) is 0 Å². The van der Waals surface area contributed by atoms with Gasteiger partial charge in [0.25, 0.3) is 0 Å². The van der Waals surface area contributed by atoms with E-state index in [1.54, 1.807) is 19.1 Å². The summed E-state index contributed by atoms with van der Waals surface area (Å²) in [6, 6.07) is 7.26. The summed E-state index contributed by atoms with van der Waals surface area (Å²) in [5.41, 5.74) is 6.15. The standard InChI is InChI=1S/C24H31N2O4S.U/c1-17-4-9-24-23(14-17)22(19(3)26(24)16-18(2)27)15-20-5-7-21(8-6-20)31(28,29)25-10-12-30-13-11-25;/h5-8H,4,9-16H2,1-3H3;/q-1;. The number of ketones is 1. The summed E-state index contributed by atoms with van der Waals surface area (Å²) in [6.45, 7) is 8.04. The number of rotatable bonds is 6. The van der Waals surface area contributed by atoms with Crippen molar-refractivity contribution in [2.24, 2.45) is 0 Å². The zero-order valence-electron chi connectivity index (χ0n) is 19.1. The van der Waals surface area contributed by atoms with E-state index in [1.807, 2.05) is 12.1 Å². The summed E-state index contributed by atoms with van der Waals surface area (Å²) in [5, 5.41) is 0. The van der Waals surface area contributed by atoms with Crippen molar-refractivity contribution in [3.8, 4) is 0 Å². The van der Waals surface area contributed by atoms with Gasteiger partial charge in [-0.05, 0) is 49.9 Å². The predicted molar refractivity (Wildman–Crippen MR) is 120 cm³/mol. The Labute approximate surface area is 215 Å². The van der Waals surface area contributed by atoms with E-state index in [-0.39, 0.29) is 36.9 Å². The first kappa shape index (κ1) is 25.7. The van der Waals surface area contributed by atoms with Crippen LogP contribution in [0.2, 0.25) is 0 Å².